The van der Waals surface area contributed by atoms with E-state index in [9.17, 15) is 14.7 Å². The summed E-state index contributed by atoms with van der Waals surface area (Å²) in [5.74, 6) is 0.0585. The molecule has 0 spiro atoms. The molecule has 5 rings (SSSR count). The molecule has 1 N–H and O–H groups in total. The molecule has 1 saturated heterocycles. The minimum atomic E-state index is -0.486. The zero-order chi connectivity index (χ0) is 31.4. The van der Waals surface area contributed by atoms with Crippen molar-refractivity contribution in [2.45, 2.75) is 45.6 Å². The summed E-state index contributed by atoms with van der Waals surface area (Å²) in [5.41, 5.74) is 4.93. The number of piperidine rings is 1. The molecule has 0 unspecified atom stereocenters. The molecule has 230 valence electrons. The molecule has 1 aliphatic rings. The highest BCUT2D eigenvalue weighted by molar-refractivity contribution is 5.92. The van der Waals surface area contributed by atoms with E-state index in [4.69, 9.17) is 24.3 Å². The first-order valence-electron chi connectivity index (χ1n) is 14.7. The number of esters is 2. The standard InChI is InChI=1S/C34H38N4O6/c1-6-17-44-34(4)13-15-37(16-14-34)32-26(20-31(40)43-7-2)22(3)35-30-21-28(36-38(30)32)24-10-8-9-23(18-24)27-19-25(33(41)42-5)11-12-29(27)39/h6,8-12,18-19,21,39H,1,7,13-17,20H2,2-5H3. The Hall–Kier alpha value is -4.70. The molecular formula is C34H38N4O6. The number of nitrogens with zero attached hydrogens (tertiary/aromatic N) is 4. The van der Waals surface area contributed by atoms with Crippen molar-refractivity contribution in [1.29, 1.82) is 0 Å². The van der Waals surface area contributed by atoms with Gasteiger partial charge >= 0.3 is 11.9 Å². The number of aromatic nitrogens is 3. The van der Waals surface area contributed by atoms with E-state index >= 15 is 0 Å². The topological polar surface area (TPSA) is 115 Å². The van der Waals surface area contributed by atoms with Gasteiger partial charge in [-0.15, -0.1) is 6.58 Å². The number of hydrogen-bond donors (Lipinski definition) is 1. The summed E-state index contributed by atoms with van der Waals surface area (Å²) in [4.78, 5) is 31.9. The third-order valence-electron chi connectivity index (χ3n) is 8.06. The highest BCUT2D eigenvalue weighted by Crippen LogP contribution is 2.36. The first kappa shape index (κ1) is 30.7. The van der Waals surface area contributed by atoms with Gasteiger partial charge in [0.15, 0.2) is 5.65 Å². The fourth-order valence-electron chi connectivity index (χ4n) is 5.62. The zero-order valence-electron chi connectivity index (χ0n) is 25.6. The molecule has 3 heterocycles. The number of fused-ring (bicyclic) bond motifs is 1. The molecule has 0 amide bonds. The summed E-state index contributed by atoms with van der Waals surface area (Å²) in [6.45, 7) is 11.8. The van der Waals surface area contributed by atoms with E-state index < -0.39 is 5.97 Å². The summed E-state index contributed by atoms with van der Waals surface area (Å²) >= 11 is 0. The summed E-state index contributed by atoms with van der Waals surface area (Å²) in [6.07, 6.45) is 3.45. The quantitative estimate of drug-likeness (QED) is 0.186. The molecule has 10 nitrogen and oxygen atoms in total. The van der Waals surface area contributed by atoms with Crippen LogP contribution in [0.15, 0.2) is 61.2 Å². The van der Waals surface area contributed by atoms with Crippen molar-refractivity contribution >= 4 is 23.4 Å². The smallest absolute Gasteiger partial charge is 0.337 e. The normalized spacial score (nSPS) is 14.4. The molecule has 2 aromatic heterocycles. The Balaban J connectivity index is 1.57. The monoisotopic (exact) mass is 598 g/mol. The molecule has 0 radical (unpaired) electrons. The number of hydrogen-bond acceptors (Lipinski definition) is 9. The maximum absolute atomic E-state index is 12.7. The van der Waals surface area contributed by atoms with Crippen molar-refractivity contribution in [3.63, 3.8) is 0 Å². The molecule has 1 aliphatic heterocycles. The lowest BCUT2D eigenvalue weighted by atomic mass is 9.93. The van der Waals surface area contributed by atoms with E-state index in [2.05, 4.69) is 18.4 Å². The number of phenols is 1. The molecule has 0 bridgehead atoms. The van der Waals surface area contributed by atoms with Crippen LogP contribution in [0.4, 0.5) is 5.82 Å². The maximum atomic E-state index is 12.7. The number of methoxy groups -OCH3 is 1. The van der Waals surface area contributed by atoms with Crippen LogP contribution in [-0.4, -0.2) is 70.7 Å². The van der Waals surface area contributed by atoms with Gasteiger partial charge < -0.3 is 24.2 Å². The SMILES string of the molecule is C=CCOC1(C)CCN(c2c(CC(=O)OCC)c(C)nc3cc(-c4cccc(-c5cc(C(=O)OC)ccc5O)c4)nn23)CC1. The number of rotatable bonds is 10. The third-order valence-corrected chi connectivity index (χ3v) is 8.06. The predicted molar refractivity (Wildman–Crippen MR) is 168 cm³/mol. The molecule has 4 aromatic rings. The Kier molecular flexibility index (Phi) is 9.01. The molecule has 10 heteroatoms. The fraction of sp³-hybridized carbons (Fsp3) is 0.353. The number of ether oxygens (including phenoxy) is 3. The van der Waals surface area contributed by atoms with Gasteiger partial charge in [0.1, 0.15) is 11.6 Å². The summed E-state index contributed by atoms with van der Waals surface area (Å²) in [5, 5.41) is 15.6. The lowest BCUT2D eigenvalue weighted by Crippen LogP contribution is -2.45. The lowest BCUT2D eigenvalue weighted by Gasteiger charge is -2.40. The van der Waals surface area contributed by atoms with Crippen molar-refractivity contribution in [1.82, 2.24) is 14.6 Å². The van der Waals surface area contributed by atoms with Crippen LogP contribution in [0.1, 0.15) is 48.3 Å². The van der Waals surface area contributed by atoms with Gasteiger partial charge in [-0.3, -0.25) is 4.79 Å². The number of phenolic OH excluding ortho intramolecular Hbond substituents is 1. The van der Waals surface area contributed by atoms with Gasteiger partial charge in [0, 0.05) is 41.5 Å². The fourth-order valence-corrected chi connectivity index (χ4v) is 5.62. The lowest BCUT2D eigenvalue weighted by molar-refractivity contribution is -0.142. The van der Waals surface area contributed by atoms with Gasteiger partial charge in [-0.2, -0.15) is 9.61 Å². The number of benzene rings is 2. The first-order chi connectivity index (χ1) is 21.2. The Morgan fingerprint density at radius 3 is 2.57 bits per heavy atom. The van der Waals surface area contributed by atoms with Crippen LogP contribution in [0, 0.1) is 6.92 Å². The molecule has 0 aliphatic carbocycles. The molecule has 44 heavy (non-hydrogen) atoms. The number of anilines is 1. The Labute approximate surface area is 256 Å². The summed E-state index contributed by atoms with van der Waals surface area (Å²) in [6, 6.07) is 14.1. The first-order valence-corrected chi connectivity index (χ1v) is 14.7. The van der Waals surface area contributed by atoms with Gasteiger partial charge in [0.25, 0.3) is 0 Å². The highest BCUT2D eigenvalue weighted by Gasteiger charge is 2.33. The van der Waals surface area contributed by atoms with Gasteiger partial charge in [0.2, 0.25) is 0 Å². The van der Waals surface area contributed by atoms with Gasteiger partial charge in [-0.1, -0.05) is 24.3 Å². The van der Waals surface area contributed by atoms with E-state index in [1.54, 1.807) is 19.1 Å². The third kappa shape index (κ3) is 6.30. The molecule has 2 aromatic carbocycles. The average molecular weight is 599 g/mol. The minimum Gasteiger partial charge on any atom is -0.507 e. The second kappa shape index (κ2) is 12.9. The second-order valence-corrected chi connectivity index (χ2v) is 11.1. The van der Waals surface area contributed by atoms with E-state index in [1.165, 1.54) is 19.2 Å². The Bertz CT molecular complexity index is 1700. The van der Waals surface area contributed by atoms with Crippen molar-refractivity contribution in [3.05, 3.63) is 78.0 Å². The Morgan fingerprint density at radius 1 is 1.11 bits per heavy atom. The predicted octanol–water partition coefficient (Wildman–Crippen LogP) is 5.53. The van der Waals surface area contributed by atoms with Crippen molar-refractivity contribution < 1.29 is 28.9 Å². The summed E-state index contributed by atoms with van der Waals surface area (Å²) in [7, 11) is 1.32. The van der Waals surface area contributed by atoms with Crippen molar-refractivity contribution in [3.8, 4) is 28.1 Å². The van der Waals surface area contributed by atoms with Gasteiger partial charge in [-0.25, -0.2) is 9.78 Å². The van der Waals surface area contributed by atoms with Crippen molar-refractivity contribution in [2.75, 3.05) is 38.3 Å². The number of aryl methyl sites for hydroxylation is 1. The van der Waals surface area contributed by atoms with Crippen LogP contribution in [0.2, 0.25) is 0 Å². The van der Waals surface area contributed by atoms with Gasteiger partial charge in [0.05, 0.1) is 43.6 Å². The van der Waals surface area contributed by atoms with Crippen LogP contribution >= 0.6 is 0 Å². The van der Waals surface area contributed by atoms with Crippen LogP contribution in [0.5, 0.6) is 5.75 Å². The van der Waals surface area contributed by atoms with E-state index in [1.807, 2.05) is 41.8 Å². The molecular weight excluding hydrogens is 560 g/mol. The van der Waals surface area contributed by atoms with Crippen LogP contribution in [-0.2, 0) is 25.4 Å². The molecule has 1 fully saturated rings. The van der Waals surface area contributed by atoms with Crippen LogP contribution < -0.4 is 4.90 Å². The number of carbonyl (C=O) groups excluding carboxylic acids is 2. The van der Waals surface area contributed by atoms with E-state index in [0.29, 0.717) is 54.3 Å². The highest BCUT2D eigenvalue weighted by atomic mass is 16.5. The summed E-state index contributed by atoms with van der Waals surface area (Å²) < 4.78 is 18.1. The van der Waals surface area contributed by atoms with Gasteiger partial charge in [-0.05, 0) is 63.4 Å². The largest absolute Gasteiger partial charge is 0.507 e. The van der Waals surface area contributed by atoms with Crippen molar-refractivity contribution in [2.24, 2.45) is 0 Å². The Morgan fingerprint density at radius 2 is 1.86 bits per heavy atom. The van der Waals surface area contributed by atoms with E-state index in [-0.39, 0.29) is 23.7 Å². The zero-order valence-corrected chi connectivity index (χ0v) is 25.6. The van der Waals surface area contributed by atoms with E-state index in [0.717, 1.165) is 35.5 Å². The second-order valence-electron chi connectivity index (χ2n) is 11.1. The number of carbonyl (C=O) groups is 2. The van der Waals surface area contributed by atoms with Crippen LogP contribution in [0.3, 0.4) is 0 Å². The number of aromatic hydroxyl groups is 1. The van der Waals surface area contributed by atoms with Crippen LogP contribution in [0.25, 0.3) is 28.0 Å². The average Bonchev–Trinajstić information content (AvgIpc) is 3.44. The molecule has 0 saturated carbocycles. The minimum absolute atomic E-state index is 0.0437. The molecule has 0 atom stereocenters. The maximum Gasteiger partial charge on any atom is 0.337 e.